The number of carbonyl (C=O) groups is 1. The first-order valence-electron chi connectivity index (χ1n) is 6.62. The topological polar surface area (TPSA) is 49.8 Å². The number of nitrogens with zero attached hydrogens (tertiary/aromatic N) is 1. The SMILES string of the molecule is COc1ccc2c(c1)C(CC(C)C(=O)O)N(C)CC2. The highest BCUT2D eigenvalue weighted by atomic mass is 16.5. The minimum Gasteiger partial charge on any atom is -0.497 e. The smallest absolute Gasteiger partial charge is 0.306 e. The molecular weight excluding hydrogens is 242 g/mol. The zero-order valence-electron chi connectivity index (χ0n) is 11.7. The van der Waals surface area contributed by atoms with Gasteiger partial charge in [-0.25, -0.2) is 0 Å². The van der Waals surface area contributed by atoms with Gasteiger partial charge in [0, 0.05) is 12.6 Å². The predicted octanol–water partition coefficient (Wildman–Crippen LogP) is 2.33. The van der Waals surface area contributed by atoms with Crippen LogP contribution >= 0.6 is 0 Å². The van der Waals surface area contributed by atoms with E-state index in [-0.39, 0.29) is 12.0 Å². The van der Waals surface area contributed by atoms with E-state index in [9.17, 15) is 4.79 Å². The maximum atomic E-state index is 11.1. The van der Waals surface area contributed by atoms with Crippen LogP contribution in [0.25, 0.3) is 0 Å². The van der Waals surface area contributed by atoms with Crippen LogP contribution in [0.2, 0.25) is 0 Å². The summed E-state index contributed by atoms with van der Waals surface area (Å²) in [5.74, 6) is -0.241. The Hall–Kier alpha value is -1.55. The lowest BCUT2D eigenvalue weighted by Crippen LogP contribution is -2.34. The molecule has 0 bridgehead atoms. The molecule has 0 fully saturated rings. The molecule has 0 radical (unpaired) electrons. The Bertz CT molecular complexity index is 472. The molecular formula is C15H21NO3. The Morgan fingerprint density at radius 1 is 1.58 bits per heavy atom. The van der Waals surface area contributed by atoms with Crippen LogP contribution in [0.5, 0.6) is 5.75 Å². The van der Waals surface area contributed by atoms with E-state index in [1.165, 1.54) is 11.1 Å². The van der Waals surface area contributed by atoms with Crippen molar-refractivity contribution in [3.8, 4) is 5.75 Å². The molecule has 0 aromatic heterocycles. The van der Waals surface area contributed by atoms with Crippen molar-refractivity contribution < 1.29 is 14.6 Å². The van der Waals surface area contributed by atoms with Crippen LogP contribution in [0.15, 0.2) is 18.2 Å². The van der Waals surface area contributed by atoms with Gasteiger partial charge in [-0.2, -0.15) is 0 Å². The summed E-state index contributed by atoms with van der Waals surface area (Å²) < 4.78 is 5.28. The van der Waals surface area contributed by atoms with Gasteiger partial charge >= 0.3 is 5.97 Å². The molecule has 2 unspecified atom stereocenters. The molecule has 1 aliphatic rings. The molecule has 4 nitrogen and oxygen atoms in total. The van der Waals surface area contributed by atoms with Gasteiger partial charge in [0.2, 0.25) is 0 Å². The number of methoxy groups -OCH3 is 1. The Morgan fingerprint density at radius 3 is 2.95 bits per heavy atom. The molecule has 0 aliphatic carbocycles. The van der Waals surface area contributed by atoms with E-state index in [1.54, 1.807) is 14.0 Å². The highest BCUT2D eigenvalue weighted by molar-refractivity contribution is 5.69. The summed E-state index contributed by atoms with van der Waals surface area (Å²) in [7, 11) is 3.71. The van der Waals surface area contributed by atoms with Crippen molar-refractivity contribution in [2.45, 2.75) is 25.8 Å². The van der Waals surface area contributed by atoms with Gasteiger partial charge in [-0.3, -0.25) is 9.69 Å². The number of fused-ring (bicyclic) bond motifs is 1. The third-order valence-corrected chi connectivity index (χ3v) is 3.98. The lowest BCUT2D eigenvalue weighted by Gasteiger charge is -2.35. The maximum absolute atomic E-state index is 11.1. The van der Waals surface area contributed by atoms with Gasteiger partial charge in [0.25, 0.3) is 0 Å². The quantitative estimate of drug-likeness (QED) is 0.906. The van der Waals surface area contributed by atoms with Crippen molar-refractivity contribution in [1.82, 2.24) is 4.90 Å². The van der Waals surface area contributed by atoms with E-state index in [4.69, 9.17) is 9.84 Å². The molecule has 0 saturated heterocycles. The summed E-state index contributed by atoms with van der Waals surface area (Å²) in [6.45, 7) is 2.74. The number of ether oxygens (including phenoxy) is 1. The molecule has 4 heteroatoms. The molecule has 19 heavy (non-hydrogen) atoms. The summed E-state index contributed by atoms with van der Waals surface area (Å²) in [5.41, 5.74) is 2.52. The normalized spacial score (nSPS) is 20.7. The molecule has 1 aromatic carbocycles. The highest BCUT2D eigenvalue weighted by Gasteiger charge is 2.28. The highest BCUT2D eigenvalue weighted by Crippen LogP contribution is 2.35. The van der Waals surface area contributed by atoms with Crippen molar-refractivity contribution in [1.29, 1.82) is 0 Å². The summed E-state index contributed by atoms with van der Waals surface area (Å²) in [6, 6.07) is 6.27. The fourth-order valence-electron chi connectivity index (χ4n) is 2.67. The Kier molecular flexibility index (Phi) is 4.10. The van der Waals surface area contributed by atoms with Gasteiger partial charge in [-0.1, -0.05) is 13.0 Å². The third kappa shape index (κ3) is 2.89. The predicted molar refractivity (Wildman–Crippen MR) is 73.5 cm³/mol. The van der Waals surface area contributed by atoms with Gasteiger partial charge in [0.05, 0.1) is 13.0 Å². The molecule has 1 aromatic rings. The van der Waals surface area contributed by atoms with E-state index >= 15 is 0 Å². The average molecular weight is 263 g/mol. The summed E-state index contributed by atoms with van der Waals surface area (Å²) >= 11 is 0. The number of hydrogen-bond acceptors (Lipinski definition) is 3. The molecule has 104 valence electrons. The van der Waals surface area contributed by atoms with Crippen LogP contribution in [-0.2, 0) is 11.2 Å². The van der Waals surface area contributed by atoms with Crippen molar-refractivity contribution >= 4 is 5.97 Å². The number of carboxylic acids is 1. The van der Waals surface area contributed by atoms with Gasteiger partial charge in [0.15, 0.2) is 0 Å². The van der Waals surface area contributed by atoms with E-state index < -0.39 is 5.97 Å². The first-order chi connectivity index (χ1) is 9.02. The molecule has 2 atom stereocenters. The molecule has 0 spiro atoms. The average Bonchev–Trinajstić information content (AvgIpc) is 2.41. The van der Waals surface area contributed by atoms with Crippen LogP contribution in [0.3, 0.4) is 0 Å². The fourth-order valence-corrected chi connectivity index (χ4v) is 2.67. The van der Waals surface area contributed by atoms with Gasteiger partial charge < -0.3 is 9.84 Å². The molecule has 0 saturated carbocycles. The lowest BCUT2D eigenvalue weighted by atomic mass is 9.87. The standard InChI is InChI=1S/C15H21NO3/c1-10(15(17)18)8-14-13-9-12(19-3)5-4-11(13)6-7-16(14)2/h4-5,9-10,14H,6-8H2,1-3H3,(H,17,18). The van der Waals surface area contributed by atoms with Crippen molar-refractivity contribution in [3.63, 3.8) is 0 Å². The summed E-state index contributed by atoms with van der Waals surface area (Å²) in [4.78, 5) is 13.3. The first kappa shape index (κ1) is 13.9. The Morgan fingerprint density at radius 2 is 2.32 bits per heavy atom. The van der Waals surface area contributed by atoms with Crippen LogP contribution in [0.4, 0.5) is 0 Å². The largest absolute Gasteiger partial charge is 0.497 e. The number of hydrogen-bond donors (Lipinski definition) is 1. The Balaban J connectivity index is 2.30. The number of rotatable bonds is 4. The second-order valence-electron chi connectivity index (χ2n) is 5.29. The first-order valence-corrected chi connectivity index (χ1v) is 6.62. The summed E-state index contributed by atoms with van der Waals surface area (Å²) in [6.07, 6.45) is 1.64. The number of carboxylic acid groups (broad SMARTS) is 1. The number of benzene rings is 1. The zero-order chi connectivity index (χ0) is 14.0. The fraction of sp³-hybridized carbons (Fsp3) is 0.533. The minimum atomic E-state index is -0.733. The van der Waals surface area contributed by atoms with E-state index in [2.05, 4.69) is 18.0 Å². The van der Waals surface area contributed by atoms with Crippen molar-refractivity contribution in [3.05, 3.63) is 29.3 Å². The number of likely N-dealkylation sites (N-methyl/N-ethyl adjacent to an activating group) is 1. The molecule has 1 aliphatic heterocycles. The second kappa shape index (κ2) is 5.61. The minimum absolute atomic E-state index is 0.157. The van der Waals surface area contributed by atoms with Crippen LogP contribution in [0, 0.1) is 5.92 Å². The monoisotopic (exact) mass is 263 g/mol. The van der Waals surface area contributed by atoms with Crippen molar-refractivity contribution in [2.24, 2.45) is 5.92 Å². The molecule has 1 N–H and O–H groups in total. The van der Waals surface area contributed by atoms with E-state index in [1.807, 2.05) is 12.1 Å². The van der Waals surface area contributed by atoms with E-state index in [0.717, 1.165) is 18.7 Å². The van der Waals surface area contributed by atoms with Crippen molar-refractivity contribution in [2.75, 3.05) is 20.7 Å². The maximum Gasteiger partial charge on any atom is 0.306 e. The van der Waals surface area contributed by atoms with Crippen LogP contribution < -0.4 is 4.74 Å². The van der Waals surface area contributed by atoms with Crippen LogP contribution in [0.1, 0.15) is 30.5 Å². The van der Waals surface area contributed by atoms with E-state index in [0.29, 0.717) is 6.42 Å². The summed E-state index contributed by atoms with van der Waals surface area (Å²) in [5, 5.41) is 9.10. The molecule has 2 rings (SSSR count). The van der Waals surface area contributed by atoms with Gasteiger partial charge in [-0.05, 0) is 43.1 Å². The third-order valence-electron chi connectivity index (χ3n) is 3.98. The van der Waals surface area contributed by atoms with Gasteiger partial charge in [-0.15, -0.1) is 0 Å². The zero-order valence-corrected chi connectivity index (χ0v) is 11.7. The molecule has 1 heterocycles. The van der Waals surface area contributed by atoms with Crippen LogP contribution in [-0.4, -0.2) is 36.7 Å². The Labute approximate surface area is 114 Å². The number of aliphatic carboxylic acids is 1. The second-order valence-corrected chi connectivity index (χ2v) is 5.29. The van der Waals surface area contributed by atoms with Gasteiger partial charge in [0.1, 0.15) is 5.75 Å². The lowest BCUT2D eigenvalue weighted by molar-refractivity contribution is -0.141. The molecule has 0 amide bonds.